The van der Waals surface area contributed by atoms with Crippen molar-refractivity contribution in [2.24, 2.45) is 0 Å². The zero-order chi connectivity index (χ0) is 16.7. The van der Waals surface area contributed by atoms with Crippen LogP contribution in [0.4, 0.5) is 4.39 Å². The summed E-state index contributed by atoms with van der Waals surface area (Å²) in [5.74, 6) is -3.52. The van der Waals surface area contributed by atoms with E-state index < -0.39 is 35.1 Å². The van der Waals surface area contributed by atoms with E-state index in [1.807, 2.05) is 0 Å². The molecular formula is C14H16FNO6. The summed E-state index contributed by atoms with van der Waals surface area (Å²) < 4.78 is 23.6. The van der Waals surface area contributed by atoms with E-state index in [4.69, 9.17) is 4.74 Å². The molecule has 0 bridgehead atoms. The first-order valence-corrected chi connectivity index (χ1v) is 6.54. The smallest absolute Gasteiger partial charge is 0.340 e. The third-order valence-corrected chi connectivity index (χ3v) is 2.96. The topological polar surface area (TPSA) is 95.7 Å². The third kappa shape index (κ3) is 4.51. The Morgan fingerprint density at radius 2 is 2.09 bits per heavy atom. The molecule has 7 nitrogen and oxygen atoms in total. The van der Waals surface area contributed by atoms with Crippen molar-refractivity contribution in [3.63, 3.8) is 0 Å². The summed E-state index contributed by atoms with van der Waals surface area (Å²) in [6, 6.07) is 3.89. The van der Waals surface area contributed by atoms with Crippen LogP contribution in [-0.2, 0) is 14.3 Å². The minimum absolute atomic E-state index is 0.0901. The molecule has 0 aromatic heterocycles. The Morgan fingerprint density at radius 3 is 2.64 bits per heavy atom. The molecular weight excluding hydrogens is 297 g/mol. The number of hydrogen-bond donors (Lipinski definition) is 0. The first-order chi connectivity index (χ1) is 10.4. The van der Waals surface area contributed by atoms with Gasteiger partial charge in [-0.2, -0.15) is 0 Å². The van der Waals surface area contributed by atoms with Gasteiger partial charge in [0.25, 0.3) is 0 Å². The van der Waals surface area contributed by atoms with Crippen LogP contribution in [0.5, 0.6) is 0 Å². The Balaban J connectivity index is 3.16. The monoisotopic (exact) mass is 313 g/mol. The predicted molar refractivity (Wildman–Crippen MR) is 73.6 cm³/mol. The van der Waals surface area contributed by atoms with E-state index in [2.05, 4.69) is 4.74 Å². The summed E-state index contributed by atoms with van der Waals surface area (Å²) >= 11 is 0. The molecule has 0 heterocycles. The second kappa shape index (κ2) is 8.06. The van der Waals surface area contributed by atoms with Crippen molar-refractivity contribution in [2.75, 3.05) is 20.3 Å². The van der Waals surface area contributed by atoms with Crippen molar-refractivity contribution in [1.82, 2.24) is 0 Å². The van der Waals surface area contributed by atoms with Crippen LogP contribution in [0.25, 0.3) is 0 Å². The lowest BCUT2D eigenvalue weighted by atomic mass is 9.93. The highest BCUT2D eigenvalue weighted by atomic mass is 19.1. The summed E-state index contributed by atoms with van der Waals surface area (Å²) in [7, 11) is 1.10. The Hall–Kier alpha value is -2.51. The summed E-state index contributed by atoms with van der Waals surface area (Å²) in [5, 5.41) is 10.7. The first kappa shape index (κ1) is 17.5. The van der Waals surface area contributed by atoms with Crippen LogP contribution in [0.3, 0.4) is 0 Å². The van der Waals surface area contributed by atoms with Gasteiger partial charge in [-0.1, -0.05) is 12.1 Å². The third-order valence-electron chi connectivity index (χ3n) is 2.96. The van der Waals surface area contributed by atoms with Crippen molar-refractivity contribution < 1.29 is 28.4 Å². The van der Waals surface area contributed by atoms with E-state index in [-0.39, 0.29) is 24.2 Å². The maximum absolute atomic E-state index is 14.4. The molecule has 0 radical (unpaired) electrons. The Morgan fingerprint density at radius 1 is 1.41 bits per heavy atom. The fraction of sp³-hybridized carbons (Fsp3) is 0.429. The molecule has 1 rings (SSSR count). The molecule has 1 unspecified atom stereocenters. The van der Waals surface area contributed by atoms with Gasteiger partial charge in [0.2, 0.25) is 6.54 Å². The van der Waals surface area contributed by atoms with Gasteiger partial charge in [-0.05, 0) is 18.6 Å². The summed E-state index contributed by atoms with van der Waals surface area (Å²) in [6.45, 7) is 1.06. The van der Waals surface area contributed by atoms with Gasteiger partial charge in [0, 0.05) is 4.92 Å². The van der Waals surface area contributed by atoms with E-state index in [9.17, 15) is 24.1 Å². The van der Waals surface area contributed by atoms with Crippen LogP contribution in [0.1, 0.15) is 35.2 Å². The van der Waals surface area contributed by atoms with Gasteiger partial charge >= 0.3 is 11.9 Å². The van der Waals surface area contributed by atoms with Crippen LogP contribution in [0.15, 0.2) is 18.2 Å². The average molecular weight is 313 g/mol. The Bertz CT molecular complexity index is 574. The summed E-state index contributed by atoms with van der Waals surface area (Å²) in [6.07, 6.45) is -0.351. The molecule has 0 aliphatic heterocycles. The van der Waals surface area contributed by atoms with Crippen LogP contribution in [-0.4, -0.2) is 37.1 Å². The van der Waals surface area contributed by atoms with Gasteiger partial charge in [0.05, 0.1) is 31.6 Å². The first-order valence-electron chi connectivity index (χ1n) is 6.54. The normalized spacial score (nSPS) is 11.6. The second-order valence-corrected chi connectivity index (χ2v) is 4.42. The van der Waals surface area contributed by atoms with Gasteiger partial charge in [0.15, 0.2) is 0 Å². The van der Waals surface area contributed by atoms with Gasteiger partial charge in [-0.25, -0.2) is 9.18 Å². The maximum atomic E-state index is 14.4. The molecule has 0 amide bonds. The quantitative estimate of drug-likeness (QED) is 0.433. The molecule has 1 atom stereocenters. The predicted octanol–water partition coefficient (Wildman–Crippen LogP) is 1.93. The Labute approximate surface area is 126 Å². The van der Waals surface area contributed by atoms with E-state index in [1.54, 1.807) is 6.92 Å². The number of rotatable bonds is 7. The number of ether oxygens (including phenoxy) is 2. The fourth-order valence-electron chi connectivity index (χ4n) is 2.01. The van der Waals surface area contributed by atoms with E-state index in [0.29, 0.717) is 0 Å². The van der Waals surface area contributed by atoms with Crippen LogP contribution < -0.4 is 0 Å². The zero-order valence-electron chi connectivity index (χ0n) is 12.2. The van der Waals surface area contributed by atoms with Crippen LogP contribution >= 0.6 is 0 Å². The lowest BCUT2D eigenvalue weighted by molar-refractivity contribution is -0.483. The second-order valence-electron chi connectivity index (χ2n) is 4.42. The molecule has 1 aromatic rings. The largest absolute Gasteiger partial charge is 0.466 e. The highest BCUT2D eigenvalue weighted by molar-refractivity contribution is 5.89. The molecule has 8 heteroatoms. The number of methoxy groups -OCH3 is 1. The highest BCUT2D eigenvalue weighted by Gasteiger charge is 2.27. The van der Waals surface area contributed by atoms with Gasteiger partial charge in [0.1, 0.15) is 5.82 Å². The molecule has 0 aliphatic rings. The van der Waals surface area contributed by atoms with Crippen molar-refractivity contribution in [3.05, 3.63) is 45.3 Å². The van der Waals surface area contributed by atoms with Crippen LogP contribution in [0, 0.1) is 15.9 Å². The number of carbonyl (C=O) groups is 2. The number of halogens is 1. The van der Waals surface area contributed by atoms with E-state index in [1.165, 1.54) is 18.2 Å². The average Bonchev–Trinajstić information content (AvgIpc) is 2.45. The molecule has 0 spiro atoms. The van der Waals surface area contributed by atoms with Gasteiger partial charge < -0.3 is 9.47 Å². The van der Waals surface area contributed by atoms with Crippen molar-refractivity contribution in [1.29, 1.82) is 0 Å². The fourth-order valence-corrected chi connectivity index (χ4v) is 2.01. The lowest BCUT2D eigenvalue weighted by Gasteiger charge is -2.14. The number of esters is 2. The number of carbonyl (C=O) groups excluding carboxylic acids is 2. The van der Waals surface area contributed by atoms with E-state index >= 15 is 0 Å². The number of benzene rings is 1. The summed E-state index contributed by atoms with van der Waals surface area (Å²) in [4.78, 5) is 33.1. The molecule has 0 N–H and O–H groups in total. The minimum atomic E-state index is -1.03. The van der Waals surface area contributed by atoms with Crippen LogP contribution in [0.2, 0.25) is 0 Å². The molecule has 120 valence electrons. The van der Waals surface area contributed by atoms with Gasteiger partial charge in [-0.3, -0.25) is 14.9 Å². The van der Waals surface area contributed by atoms with Crippen molar-refractivity contribution in [2.45, 2.75) is 19.3 Å². The number of hydrogen-bond acceptors (Lipinski definition) is 6. The molecule has 22 heavy (non-hydrogen) atoms. The van der Waals surface area contributed by atoms with Crippen molar-refractivity contribution in [3.8, 4) is 0 Å². The lowest BCUT2D eigenvalue weighted by Crippen LogP contribution is -2.20. The number of nitrogens with zero attached hydrogens (tertiary/aromatic N) is 1. The van der Waals surface area contributed by atoms with E-state index in [0.717, 1.165) is 7.11 Å². The summed E-state index contributed by atoms with van der Waals surface area (Å²) in [5.41, 5.74) is -0.426. The molecule has 0 aliphatic carbocycles. The number of nitro groups is 1. The SMILES string of the molecule is CCOC(=O)CC(C[N+](=O)[O-])c1cccc(C(=O)OC)c1F. The molecule has 0 fully saturated rings. The maximum Gasteiger partial charge on any atom is 0.340 e. The minimum Gasteiger partial charge on any atom is -0.466 e. The zero-order valence-corrected chi connectivity index (χ0v) is 12.2. The highest BCUT2D eigenvalue weighted by Crippen LogP contribution is 2.26. The molecule has 1 aromatic carbocycles. The molecule has 0 saturated heterocycles. The standard InChI is InChI=1S/C14H16FNO6/c1-3-22-12(17)7-9(8-16(19)20)10-5-4-6-11(13(10)15)14(18)21-2/h4-6,9H,3,7-8H2,1-2H3. The van der Waals surface area contributed by atoms with Gasteiger partial charge in [-0.15, -0.1) is 0 Å². The molecule has 0 saturated carbocycles. The Kier molecular flexibility index (Phi) is 6.43. The van der Waals surface area contributed by atoms with Crippen molar-refractivity contribution >= 4 is 11.9 Å².